The molecule has 0 radical (unpaired) electrons. The predicted octanol–water partition coefficient (Wildman–Crippen LogP) is 5.24. The van der Waals surface area contributed by atoms with Crippen LogP contribution in [0, 0.1) is 0 Å². The first kappa shape index (κ1) is 26.5. The maximum Gasteiger partial charge on any atom is 0.332 e. The summed E-state index contributed by atoms with van der Waals surface area (Å²) in [5.74, 6) is -1.07. The van der Waals surface area contributed by atoms with Crippen molar-refractivity contribution in [2.75, 3.05) is 16.5 Å². The highest BCUT2D eigenvalue weighted by Gasteiger charge is 2.30. The summed E-state index contributed by atoms with van der Waals surface area (Å²) in [6.45, 7) is 0.382. The molecule has 0 aliphatic rings. The lowest BCUT2D eigenvalue weighted by Crippen LogP contribution is -2.37. The monoisotopic (exact) mass is 552 g/mol. The van der Waals surface area contributed by atoms with Crippen LogP contribution in [0.2, 0.25) is 0 Å². The Kier molecular flexibility index (Phi) is 7.52. The Labute approximate surface area is 231 Å². The number of carbonyl (C=O) groups is 2. The maximum atomic E-state index is 13.4. The van der Waals surface area contributed by atoms with Crippen LogP contribution in [-0.4, -0.2) is 36.7 Å². The van der Waals surface area contributed by atoms with Gasteiger partial charge in [0.2, 0.25) is 5.89 Å². The largest absolute Gasteiger partial charge is 0.403 e. The van der Waals surface area contributed by atoms with Crippen molar-refractivity contribution >= 4 is 33.4 Å². The van der Waals surface area contributed by atoms with Gasteiger partial charge < -0.3 is 9.73 Å². The van der Waals surface area contributed by atoms with Gasteiger partial charge in [0.05, 0.1) is 10.6 Å². The van der Waals surface area contributed by atoms with E-state index in [9.17, 15) is 18.0 Å². The van der Waals surface area contributed by atoms with Crippen LogP contribution >= 0.6 is 0 Å². The van der Waals surface area contributed by atoms with Gasteiger partial charge in [-0.15, -0.1) is 5.10 Å². The first-order valence-electron chi connectivity index (χ1n) is 12.3. The number of benzene rings is 4. The first-order valence-corrected chi connectivity index (χ1v) is 14.1. The van der Waals surface area contributed by atoms with Gasteiger partial charge in [0.1, 0.15) is 0 Å². The van der Waals surface area contributed by atoms with Crippen LogP contribution in [0.3, 0.4) is 0 Å². The van der Waals surface area contributed by atoms with E-state index in [-0.39, 0.29) is 16.8 Å². The Morgan fingerprint density at radius 2 is 1.30 bits per heavy atom. The number of imide groups is 1. The molecular formula is C30H24N4O5S. The average molecular weight is 553 g/mol. The third kappa shape index (κ3) is 5.82. The third-order valence-corrected chi connectivity index (χ3v) is 7.18. The van der Waals surface area contributed by atoms with Crippen LogP contribution < -0.4 is 10.2 Å². The Morgan fingerprint density at radius 3 is 1.88 bits per heavy atom. The number of carbonyl (C=O) groups excluding carboxylic acids is 2. The van der Waals surface area contributed by atoms with Crippen molar-refractivity contribution in [3.63, 3.8) is 0 Å². The summed E-state index contributed by atoms with van der Waals surface area (Å²) in [4.78, 5) is 27.8. The zero-order valence-corrected chi connectivity index (χ0v) is 22.2. The lowest BCUT2D eigenvalue weighted by Gasteiger charge is -2.16. The van der Waals surface area contributed by atoms with Gasteiger partial charge in [-0.3, -0.25) is 9.59 Å². The molecule has 1 aromatic heterocycles. The van der Waals surface area contributed by atoms with Gasteiger partial charge in [-0.05, 0) is 54.1 Å². The van der Waals surface area contributed by atoms with Crippen molar-refractivity contribution in [2.24, 2.45) is 0 Å². The first-order chi connectivity index (χ1) is 19.3. The molecule has 10 heteroatoms. The second-order valence-electron chi connectivity index (χ2n) is 8.89. The fourth-order valence-corrected chi connectivity index (χ4v) is 4.87. The highest BCUT2D eigenvalue weighted by molar-refractivity contribution is 7.90. The molecule has 5 aromatic rings. The molecule has 0 unspecified atom stereocenters. The van der Waals surface area contributed by atoms with Crippen LogP contribution in [0.15, 0.2) is 119 Å². The van der Waals surface area contributed by atoms with Crippen molar-refractivity contribution < 1.29 is 22.4 Å². The molecule has 5 rings (SSSR count). The molecule has 0 aliphatic heterocycles. The smallest absolute Gasteiger partial charge is 0.332 e. The van der Waals surface area contributed by atoms with Crippen LogP contribution in [0.1, 0.15) is 26.3 Å². The number of sulfone groups is 1. The van der Waals surface area contributed by atoms with Gasteiger partial charge in [0, 0.05) is 29.5 Å². The summed E-state index contributed by atoms with van der Waals surface area (Å²) in [7, 11) is -3.38. The summed E-state index contributed by atoms with van der Waals surface area (Å²) < 4.78 is 29.9. The Balaban J connectivity index is 1.38. The standard InChI is InChI=1S/C30H24N4O5S/c1-40(37,38)26-15-9-8-14-25(26)31-20-21-16-18-22(19-17-21)27-32-33-30(39-27)34(28(35)23-10-4-2-5-11-23)29(36)24-12-6-3-7-13-24/h2-19,31H,20H2,1H3. The molecule has 1 N–H and O–H groups in total. The summed E-state index contributed by atoms with van der Waals surface area (Å²) in [6, 6.07) is 30.4. The molecule has 0 atom stereocenters. The quantitative estimate of drug-likeness (QED) is 0.259. The van der Waals surface area contributed by atoms with Crippen molar-refractivity contribution in [3.8, 4) is 11.5 Å². The molecular weight excluding hydrogens is 528 g/mol. The lowest BCUT2D eigenvalue weighted by molar-refractivity contribution is 0.0890. The molecule has 4 aromatic carbocycles. The SMILES string of the molecule is CS(=O)(=O)c1ccccc1NCc1ccc(-c2nnc(N(C(=O)c3ccccc3)C(=O)c3ccccc3)o2)cc1. The van der Waals surface area contributed by atoms with Gasteiger partial charge in [-0.25, -0.2) is 8.42 Å². The van der Waals surface area contributed by atoms with E-state index >= 15 is 0 Å². The number of nitrogens with one attached hydrogen (secondary N) is 1. The van der Waals surface area contributed by atoms with E-state index in [1.54, 1.807) is 97.1 Å². The number of hydrogen-bond donors (Lipinski definition) is 1. The number of aromatic nitrogens is 2. The average Bonchev–Trinajstić information content (AvgIpc) is 3.46. The van der Waals surface area contributed by atoms with Gasteiger partial charge in [-0.1, -0.05) is 65.8 Å². The van der Waals surface area contributed by atoms with Crippen LogP contribution in [-0.2, 0) is 16.4 Å². The molecule has 0 saturated heterocycles. The molecule has 40 heavy (non-hydrogen) atoms. The molecule has 200 valence electrons. The van der Waals surface area contributed by atoms with Crippen molar-refractivity contribution in [3.05, 3.63) is 126 Å². The molecule has 0 fully saturated rings. The van der Waals surface area contributed by atoms with E-state index in [2.05, 4.69) is 15.5 Å². The van der Waals surface area contributed by atoms with E-state index in [4.69, 9.17) is 4.42 Å². The zero-order valence-electron chi connectivity index (χ0n) is 21.4. The van der Waals surface area contributed by atoms with E-state index < -0.39 is 21.7 Å². The fraction of sp³-hybridized carbons (Fsp3) is 0.0667. The van der Waals surface area contributed by atoms with Crippen molar-refractivity contribution in [1.29, 1.82) is 0 Å². The van der Waals surface area contributed by atoms with Gasteiger partial charge in [0.15, 0.2) is 9.84 Å². The zero-order chi connectivity index (χ0) is 28.1. The maximum absolute atomic E-state index is 13.4. The second-order valence-corrected chi connectivity index (χ2v) is 10.9. The second kappa shape index (κ2) is 11.3. The van der Waals surface area contributed by atoms with E-state index in [0.717, 1.165) is 10.5 Å². The fourth-order valence-electron chi connectivity index (χ4n) is 4.01. The molecule has 0 bridgehead atoms. The minimum atomic E-state index is -3.38. The predicted molar refractivity (Wildman–Crippen MR) is 151 cm³/mol. The summed E-state index contributed by atoms with van der Waals surface area (Å²) in [5.41, 5.74) is 2.56. The summed E-state index contributed by atoms with van der Waals surface area (Å²) in [6.07, 6.45) is 1.17. The normalized spacial score (nSPS) is 11.1. The highest BCUT2D eigenvalue weighted by atomic mass is 32.2. The van der Waals surface area contributed by atoms with Crippen LogP contribution in [0.5, 0.6) is 0 Å². The van der Waals surface area contributed by atoms with Gasteiger partial charge in [-0.2, -0.15) is 4.90 Å². The summed E-state index contributed by atoms with van der Waals surface area (Å²) >= 11 is 0. The van der Waals surface area contributed by atoms with Crippen LogP contribution in [0.4, 0.5) is 11.7 Å². The third-order valence-electron chi connectivity index (χ3n) is 6.02. The van der Waals surface area contributed by atoms with Gasteiger partial charge in [0.25, 0.3) is 11.8 Å². The number of anilines is 2. The van der Waals surface area contributed by atoms with E-state index in [1.807, 2.05) is 12.1 Å². The van der Waals surface area contributed by atoms with E-state index in [0.29, 0.717) is 28.9 Å². The Hall–Kier alpha value is -5.09. The van der Waals surface area contributed by atoms with E-state index in [1.165, 1.54) is 6.26 Å². The lowest BCUT2D eigenvalue weighted by atomic mass is 10.1. The summed E-state index contributed by atoms with van der Waals surface area (Å²) in [5, 5.41) is 11.2. The molecule has 0 spiro atoms. The van der Waals surface area contributed by atoms with Crippen LogP contribution in [0.25, 0.3) is 11.5 Å². The number of rotatable bonds is 8. The molecule has 9 nitrogen and oxygen atoms in total. The Morgan fingerprint density at radius 1 is 0.750 bits per heavy atom. The topological polar surface area (TPSA) is 122 Å². The minimum Gasteiger partial charge on any atom is -0.403 e. The molecule has 1 heterocycles. The number of nitrogens with zero attached hydrogens (tertiary/aromatic N) is 3. The van der Waals surface area contributed by atoms with Gasteiger partial charge >= 0.3 is 6.01 Å². The molecule has 2 amide bonds. The number of para-hydroxylation sites is 1. The Bertz CT molecular complexity index is 1700. The van der Waals surface area contributed by atoms with Crippen molar-refractivity contribution in [1.82, 2.24) is 10.2 Å². The minimum absolute atomic E-state index is 0.128. The molecule has 0 aliphatic carbocycles. The number of amides is 2. The highest BCUT2D eigenvalue weighted by Crippen LogP contribution is 2.26. The number of hydrogen-bond acceptors (Lipinski definition) is 8. The van der Waals surface area contributed by atoms with Crippen molar-refractivity contribution in [2.45, 2.75) is 11.4 Å². The molecule has 0 saturated carbocycles.